The highest BCUT2D eigenvalue weighted by Gasteiger charge is 2.12. The first-order chi connectivity index (χ1) is 10.3. The SMILES string of the molecule is CCOc1ccc(OCc2c(CN)nnn2CCO)cc1. The van der Waals surface area contributed by atoms with Gasteiger partial charge >= 0.3 is 0 Å². The smallest absolute Gasteiger partial charge is 0.132 e. The van der Waals surface area contributed by atoms with Gasteiger partial charge in [-0.1, -0.05) is 5.21 Å². The van der Waals surface area contributed by atoms with Gasteiger partial charge in [0.25, 0.3) is 0 Å². The van der Waals surface area contributed by atoms with Crippen LogP contribution in [0.1, 0.15) is 18.3 Å². The minimum absolute atomic E-state index is 0.0105. The molecule has 1 aromatic carbocycles. The van der Waals surface area contributed by atoms with Crippen molar-refractivity contribution in [3.05, 3.63) is 35.7 Å². The van der Waals surface area contributed by atoms with E-state index < -0.39 is 0 Å². The van der Waals surface area contributed by atoms with Gasteiger partial charge in [-0.3, -0.25) is 0 Å². The minimum Gasteiger partial charge on any atom is -0.494 e. The summed E-state index contributed by atoms with van der Waals surface area (Å²) in [5, 5.41) is 17.0. The number of benzene rings is 1. The Balaban J connectivity index is 2.03. The van der Waals surface area contributed by atoms with E-state index in [1.165, 1.54) is 0 Å². The summed E-state index contributed by atoms with van der Waals surface area (Å²) in [4.78, 5) is 0. The van der Waals surface area contributed by atoms with E-state index in [4.69, 9.17) is 20.3 Å². The van der Waals surface area contributed by atoms with Crippen molar-refractivity contribution in [1.29, 1.82) is 0 Å². The largest absolute Gasteiger partial charge is 0.494 e. The van der Waals surface area contributed by atoms with Crippen LogP contribution >= 0.6 is 0 Å². The lowest BCUT2D eigenvalue weighted by atomic mass is 10.3. The Kier molecular flexibility index (Phi) is 5.53. The van der Waals surface area contributed by atoms with Gasteiger partial charge in [-0.25, -0.2) is 4.68 Å². The fourth-order valence-electron chi connectivity index (χ4n) is 1.91. The van der Waals surface area contributed by atoms with E-state index in [2.05, 4.69) is 10.3 Å². The van der Waals surface area contributed by atoms with E-state index >= 15 is 0 Å². The number of aromatic nitrogens is 3. The summed E-state index contributed by atoms with van der Waals surface area (Å²) >= 11 is 0. The molecule has 2 aromatic rings. The zero-order valence-corrected chi connectivity index (χ0v) is 12.0. The predicted molar refractivity (Wildman–Crippen MR) is 76.9 cm³/mol. The molecule has 3 N–H and O–H groups in total. The Labute approximate surface area is 123 Å². The molecule has 114 valence electrons. The van der Waals surface area contributed by atoms with Gasteiger partial charge in [0.05, 0.1) is 19.8 Å². The van der Waals surface area contributed by atoms with Crippen molar-refractivity contribution in [1.82, 2.24) is 15.0 Å². The topological polar surface area (TPSA) is 95.4 Å². The number of rotatable bonds is 8. The first-order valence-corrected chi connectivity index (χ1v) is 6.86. The molecule has 0 amide bonds. The van der Waals surface area contributed by atoms with Gasteiger partial charge in [-0.2, -0.15) is 0 Å². The fraction of sp³-hybridized carbons (Fsp3) is 0.429. The van der Waals surface area contributed by atoms with E-state index in [9.17, 15) is 0 Å². The summed E-state index contributed by atoms with van der Waals surface area (Å²) < 4.78 is 12.7. The van der Waals surface area contributed by atoms with Crippen LogP contribution in [-0.4, -0.2) is 33.3 Å². The summed E-state index contributed by atoms with van der Waals surface area (Å²) in [6, 6.07) is 7.39. The maximum absolute atomic E-state index is 9.02. The molecule has 0 saturated carbocycles. The van der Waals surface area contributed by atoms with Gasteiger partial charge < -0.3 is 20.3 Å². The van der Waals surface area contributed by atoms with Crippen molar-refractivity contribution < 1.29 is 14.6 Å². The second-order valence-electron chi connectivity index (χ2n) is 4.33. The lowest BCUT2D eigenvalue weighted by molar-refractivity contribution is 0.251. The third-order valence-electron chi connectivity index (χ3n) is 2.93. The third kappa shape index (κ3) is 3.93. The van der Waals surface area contributed by atoms with Crippen LogP contribution in [0.15, 0.2) is 24.3 Å². The molecule has 0 aliphatic rings. The predicted octanol–water partition coefficient (Wildman–Crippen LogP) is 0.707. The molecule has 0 saturated heterocycles. The number of nitrogens with two attached hydrogens (primary N) is 1. The Hall–Kier alpha value is -2.12. The van der Waals surface area contributed by atoms with Gasteiger partial charge in [0, 0.05) is 6.54 Å². The quantitative estimate of drug-likeness (QED) is 0.744. The molecule has 1 heterocycles. The zero-order chi connectivity index (χ0) is 15.1. The van der Waals surface area contributed by atoms with Crippen LogP contribution in [0.4, 0.5) is 0 Å². The van der Waals surface area contributed by atoms with Crippen LogP contribution in [0.5, 0.6) is 11.5 Å². The summed E-state index contributed by atoms with van der Waals surface area (Å²) in [5.41, 5.74) is 7.09. The van der Waals surface area contributed by atoms with Crippen LogP contribution in [-0.2, 0) is 19.7 Å². The third-order valence-corrected chi connectivity index (χ3v) is 2.93. The molecule has 2 rings (SSSR count). The van der Waals surface area contributed by atoms with E-state index in [0.29, 0.717) is 25.5 Å². The molecule has 0 aliphatic heterocycles. The zero-order valence-electron chi connectivity index (χ0n) is 12.0. The Bertz CT molecular complexity index is 554. The molecule has 0 spiro atoms. The summed E-state index contributed by atoms with van der Waals surface area (Å²) in [6.45, 7) is 3.51. The molecule has 0 aliphatic carbocycles. The molecule has 0 fully saturated rings. The average Bonchev–Trinajstić information content (AvgIpc) is 2.89. The number of nitrogens with zero attached hydrogens (tertiary/aromatic N) is 3. The minimum atomic E-state index is -0.0105. The van der Waals surface area contributed by atoms with Crippen molar-refractivity contribution in [2.75, 3.05) is 13.2 Å². The molecule has 0 bridgehead atoms. The van der Waals surface area contributed by atoms with Crippen LogP contribution < -0.4 is 15.2 Å². The average molecular weight is 292 g/mol. The highest BCUT2D eigenvalue weighted by atomic mass is 16.5. The van der Waals surface area contributed by atoms with Crippen LogP contribution in [0.3, 0.4) is 0 Å². The monoisotopic (exact) mass is 292 g/mol. The summed E-state index contributed by atoms with van der Waals surface area (Å²) in [6.07, 6.45) is 0. The fourth-order valence-corrected chi connectivity index (χ4v) is 1.91. The van der Waals surface area contributed by atoms with Gasteiger partial charge in [0.15, 0.2) is 0 Å². The van der Waals surface area contributed by atoms with Crippen molar-refractivity contribution in [3.63, 3.8) is 0 Å². The molecule has 0 atom stereocenters. The van der Waals surface area contributed by atoms with Crippen molar-refractivity contribution >= 4 is 0 Å². The second-order valence-corrected chi connectivity index (χ2v) is 4.33. The van der Waals surface area contributed by atoms with Gasteiger partial charge in [-0.15, -0.1) is 5.10 Å². The number of ether oxygens (including phenoxy) is 2. The molecule has 0 unspecified atom stereocenters. The van der Waals surface area contributed by atoms with Gasteiger partial charge in [0.1, 0.15) is 29.5 Å². The highest BCUT2D eigenvalue weighted by Crippen LogP contribution is 2.19. The maximum Gasteiger partial charge on any atom is 0.132 e. The van der Waals surface area contributed by atoms with Gasteiger partial charge in [-0.05, 0) is 31.2 Å². The van der Waals surface area contributed by atoms with Crippen molar-refractivity contribution in [3.8, 4) is 11.5 Å². The number of aliphatic hydroxyl groups is 1. The first kappa shape index (κ1) is 15.3. The second kappa shape index (κ2) is 7.61. The molecule has 7 heteroatoms. The number of hydrogen-bond donors (Lipinski definition) is 2. The normalized spacial score (nSPS) is 10.6. The number of hydrogen-bond acceptors (Lipinski definition) is 6. The molecular weight excluding hydrogens is 272 g/mol. The molecule has 0 radical (unpaired) electrons. The summed E-state index contributed by atoms with van der Waals surface area (Å²) in [7, 11) is 0. The maximum atomic E-state index is 9.02. The lowest BCUT2D eigenvalue weighted by Gasteiger charge is -2.09. The van der Waals surface area contributed by atoms with Gasteiger partial charge in [0.2, 0.25) is 0 Å². The van der Waals surface area contributed by atoms with Crippen LogP contribution in [0.2, 0.25) is 0 Å². The standard InChI is InChI=1S/C14H20N4O3/c1-2-20-11-3-5-12(6-4-11)21-10-14-13(9-15)16-17-18(14)7-8-19/h3-6,19H,2,7-10,15H2,1H3. The number of aliphatic hydroxyl groups excluding tert-OH is 1. The molecule has 1 aromatic heterocycles. The van der Waals surface area contributed by atoms with E-state index in [1.54, 1.807) is 4.68 Å². The van der Waals surface area contributed by atoms with E-state index in [0.717, 1.165) is 17.2 Å². The lowest BCUT2D eigenvalue weighted by Crippen LogP contribution is -2.12. The first-order valence-electron chi connectivity index (χ1n) is 6.86. The van der Waals surface area contributed by atoms with E-state index in [-0.39, 0.29) is 13.2 Å². The molecule has 21 heavy (non-hydrogen) atoms. The Morgan fingerprint density at radius 1 is 1.19 bits per heavy atom. The van der Waals surface area contributed by atoms with Crippen LogP contribution in [0.25, 0.3) is 0 Å². The molecule has 7 nitrogen and oxygen atoms in total. The van der Waals surface area contributed by atoms with Crippen molar-refractivity contribution in [2.24, 2.45) is 5.73 Å². The Morgan fingerprint density at radius 2 is 1.86 bits per heavy atom. The molecular formula is C14H20N4O3. The van der Waals surface area contributed by atoms with Crippen molar-refractivity contribution in [2.45, 2.75) is 26.6 Å². The highest BCUT2D eigenvalue weighted by molar-refractivity contribution is 5.31. The Morgan fingerprint density at radius 3 is 2.43 bits per heavy atom. The van der Waals surface area contributed by atoms with Crippen LogP contribution in [0, 0.1) is 0 Å². The van der Waals surface area contributed by atoms with E-state index in [1.807, 2.05) is 31.2 Å². The summed E-state index contributed by atoms with van der Waals surface area (Å²) in [5.74, 6) is 1.53.